The van der Waals surface area contributed by atoms with Crippen LogP contribution in [0.5, 0.6) is 0 Å². The molecule has 1 aromatic heterocycles. The molecule has 9 heteroatoms. The molecule has 1 unspecified atom stereocenters. The average molecular weight is 428 g/mol. The van der Waals surface area contributed by atoms with E-state index in [2.05, 4.69) is 15.3 Å². The lowest BCUT2D eigenvalue weighted by atomic mass is 10.1. The first kappa shape index (κ1) is 22.5. The lowest BCUT2D eigenvalue weighted by Crippen LogP contribution is -2.50. The summed E-state index contributed by atoms with van der Waals surface area (Å²) in [6, 6.07) is 9.25. The third-order valence-electron chi connectivity index (χ3n) is 4.72. The van der Waals surface area contributed by atoms with Crippen LogP contribution < -0.4 is 10.2 Å². The predicted molar refractivity (Wildman–Crippen MR) is 117 cm³/mol. The van der Waals surface area contributed by atoms with Crippen molar-refractivity contribution in [3.8, 4) is 0 Å². The number of ether oxygens (including phenoxy) is 2. The van der Waals surface area contributed by atoms with Crippen LogP contribution in [-0.4, -0.2) is 65.8 Å². The van der Waals surface area contributed by atoms with E-state index in [0.29, 0.717) is 37.8 Å². The highest BCUT2D eigenvalue weighted by molar-refractivity contribution is 5.94. The molecule has 1 aromatic carbocycles. The van der Waals surface area contributed by atoms with E-state index in [1.165, 1.54) is 13.3 Å². The van der Waals surface area contributed by atoms with Crippen LogP contribution in [0.2, 0.25) is 0 Å². The first-order chi connectivity index (χ1) is 14.8. The van der Waals surface area contributed by atoms with Crippen molar-refractivity contribution in [1.82, 2.24) is 14.9 Å². The number of methoxy groups -OCH3 is 1. The Morgan fingerprint density at radius 2 is 1.71 bits per heavy atom. The first-order valence-electron chi connectivity index (χ1n) is 10.2. The number of nitrogens with zero attached hydrogens (tertiary/aromatic N) is 4. The highest BCUT2D eigenvalue weighted by Gasteiger charge is 2.26. The summed E-state index contributed by atoms with van der Waals surface area (Å²) >= 11 is 0. The molecule has 1 N–H and O–H groups in total. The van der Waals surface area contributed by atoms with Crippen LogP contribution in [0.15, 0.2) is 42.7 Å². The fourth-order valence-corrected chi connectivity index (χ4v) is 3.21. The summed E-state index contributed by atoms with van der Waals surface area (Å²) in [5.74, 6) is 0.717. The fraction of sp³-hybridized carbons (Fsp3) is 0.455. The predicted octanol–water partition coefficient (Wildman–Crippen LogP) is 2.86. The summed E-state index contributed by atoms with van der Waals surface area (Å²) in [6.45, 7) is 7.89. The van der Waals surface area contributed by atoms with Gasteiger partial charge in [0.1, 0.15) is 11.4 Å². The molecule has 2 amide bonds. The number of benzene rings is 1. The smallest absolute Gasteiger partial charge is 0.410 e. The lowest BCUT2D eigenvalue weighted by Gasteiger charge is -2.36. The highest BCUT2D eigenvalue weighted by atomic mass is 16.6. The molecule has 0 radical (unpaired) electrons. The van der Waals surface area contributed by atoms with E-state index < -0.39 is 11.7 Å². The average Bonchev–Trinajstić information content (AvgIpc) is 2.74. The van der Waals surface area contributed by atoms with Crippen LogP contribution in [0, 0.1) is 0 Å². The van der Waals surface area contributed by atoms with Crippen LogP contribution in [0.4, 0.5) is 16.4 Å². The van der Waals surface area contributed by atoms with Gasteiger partial charge in [0.05, 0.1) is 12.4 Å². The van der Waals surface area contributed by atoms with Crippen molar-refractivity contribution in [2.24, 2.45) is 0 Å². The summed E-state index contributed by atoms with van der Waals surface area (Å²) in [5.41, 5.74) is 0.248. The molecule has 166 valence electrons. The second kappa shape index (κ2) is 9.74. The molecule has 1 aliphatic rings. The molecule has 0 aliphatic carbocycles. The minimum Gasteiger partial charge on any atom is -0.444 e. The number of amides is 2. The number of carbonyl (C=O) groups excluding carboxylic acids is 2. The largest absolute Gasteiger partial charge is 0.444 e. The van der Waals surface area contributed by atoms with Crippen molar-refractivity contribution in [3.05, 3.63) is 48.3 Å². The van der Waals surface area contributed by atoms with Gasteiger partial charge in [0.15, 0.2) is 11.9 Å². The molecule has 0 bridgehead atoms. The Labute approximate surface area is 182 Å². The molecule has 2 aromatic rings. The summed E-state index contributed by atoms with van der Waals surface area (Å²) in [6.07, 6.45) is 2.10. The van der Waals surface area contributed by atoms with E-state index >= 15 is 0 Å². The zero-order valence-corrected chi connectivity index (χ0v) is 18.4. The maximum absolute atomic E-state index is 12.6. The number of carbonyl (C=O) groups is 2. The molecule has 1 aliphatic heterocycles. The van der Waals surface area contributed by atoms with Gasteiger partial charge in [-0.3, -0.25) is 4.79 Å². The fourth-order valence-electron chi connectivity index (χ4n) is 3.21. The number of piperazine rings is 1. The second-order valence-electron chi connectivity index (χ2n) is 8.23. The molecule has 1 saturated heterocycles. The molecule has 31 heavy (non-hydrogen) atoms. The maximum atomic E-state index is 12.6. The molecule has 0 spiro atoms. The van der Waals surface area contributed by atoms with Gasteiger partial charge >= 0.3 is 6.09 Å². The summed E-state index contributed by atoms with van der Waals surface area (Å²) < 4.78 is 10.8. The number of anilines is 2. The van der Waals surface area contributed by atoms with Gasteiger partial charge in [-0.15, -0.1) is 0 Å². The van der Waals surface area contributed by atoms with Gasteiger partial charge in [0.25, 0.3) is 5.91 Å². The SMILES string of the molecule is COC(C(=O)Nc1cnc(N2CCN(C(=O)OC(C)(C)C)CC2)cn1)c1ccccc1. The summed E-state index contributed by atoms with van der Waals surface area (Å²) in [4.78, 5) is 37.2. The Morgan fingerprint density at radius 3 is 2.26 bits per heavy atom. The van der Waals surface area contributed by atoms with Crippen molar-refractivity contribution in [3.63, 3.8) is 0 Å². The number of rotatable bonds is 5. The number of aromatic nitrogens is 2. The Bertz CT molecular complexity index is 875. The maximum Gasteiger partial charge on any atom is 0.410 e. The number of hydrogen-bond donors (Lipinski definition) is 1. The highest BCUT2D eigenvalue weighted by Crippen LogP contribution is 2.20. The number of nitrogens with one attached hydrogen (secondary N) is 1. The van der Waals surface area contributed by atoms with Crippen molar-refractivity contribution in [1.29, 1.82) is 0 Å². The summed E-state index contributed by atoms with van der Waals surface area (Å²) in [7, 11) is 1.49. The van der Waals surface area contributed by atoms with Gasteiger partial charge in [-0.2, -0.15) is 0 Å². The van der Waals surface area contributed by atoms with Crippen molar-refractivity contribution < 1.29 is 19.1 Å². The van der Waals surface area contributed by atoms with Crippen LogP contribution in [0.25, 0.3) is 0 Å². The second-order valence-corrected chi connectivity index (χ2v) is 8.23. The minimum atomic E-state index is -0.733. The molecule has 2 heterocycles. The van der Waals surface area contributed by atoms with E-state index in [4.69, 9.17) is 9.47 Å². The molecule has 9 nitrogen and oxygen atoms in total. The van der Waals surface area contributed by atoms with E-state index in [1.54, 1.807) is 11.1 Å². The molecule has 3 rings (SSSR count). The quantitative estimate of drug-likeness (QED) is 0.784. The van der Waals surface area contributed by atoms with E-state index in [1.807, 2.05) is 56.0 Å². The van der Waals surface area contributed by atoms with Gasteiger partial charge in [-0.1, -0.05) is 30.3 Å². The monoisotopic (exact) mass is 427 g/mol. The Hall–Kier alpha value is -3.20. The van der Waals surface area contributed by atoms with Crippen molar-refractivity contribution in [2.45, 2.75) is 32.5 Å². The Balaban J connectivity index is 1.55. The van der Waals surface area contributed by atoms with Crippen molar-refractivity contribution in [2.75, 3.05) is 43.5 Å². The zero-order chi connectivity index (χ0) is 22.4. The van der Waals surface area contributed by atoms with Crippen LogP contribution in [0.1, 0.15) is 32.4 Å². The van der Waals surface area contributed by atoms with E-state index in [0.717, 1.165) is 5.56 Å². The third kappa shape index (κ3) is 6.14. The molecule has 1 atom stereocenters. The van der Waals surface area contributed by atoms with Crippen LogP contribution in [0.3, 0.4) is 0 Å². The minimum absolute atomic E-state index is 0.303. The molecular formula is C22H29N5O4. The Morgan fingerprint density at radius 1 is 1.03 bits per heavy atom. The van der Waals surface area contributed by atoms with E-state index in [9.17, 15) is 9.59 Å². The summed E-state index contributed by atoms with van der Waals surface area (Å²) in [5, 5.41) is 2.74. The third-order valence-corrected chi connectivity index (χ3v) is 4.72. The van der Waals surface area contributed by atoms with Crippen LogP contribution in [-0.2, 0) is 14.3 Å². The normalized spacial score (nSPS) is 15.4. The van der Waals surface area contributed by atoms with Gasteiger partial charge in [-0.05, 0) is 26.3 Å². The van der Waals surface area contributed by atoms with Crippen molar-refractivity contribution >= 4 is 23.6 Å². The zero-order valence-electron chi connectivity index (χ0n) is 18.4. The lowest BCUT2D eigenvalue weighted by molar-refractivity contribution is -0.126. The van der Waals surface area contributed by atoms with Crippen LogP contribution >= 0.6 is 0 Å². The standard InChI is InChI=1S/C22H29N5O4/c1-22(2,3)31-21(29)27-12-10-26(11-13-27)18-15-23-17(14-24-18)25-20(28)19(30-4)16-8-6-5-7-9-16/h5-9,14-15,19H,10-13H2,1-4H3,(H,23,25,28). The van der Waals surface area contributed by atoms with Gasteiger partial charge < -0.3 is 24.6 Å². The molecular weight excluding hydrogens is 398 g/mol. The molecule has 1 fully saturated rings. The van der Waals surface area contributed by atoms with Gasteiger partial charge in [0.2, 0.25) is 0 Å². The Kier molecular flexibility index (Phi) is 7.06. The topological polar surface area (TPSA) is 96.9 Å². The first-order valence-corrected chi connectivity index (χ1v) is 10.2. The number of hydrogen-bond acceptors (Lipinski definition) is 7. The van der Waals surface area contributed by atoms with Gasteiger partial charge in [0, 0.05) is 33.3 Å². The molecule has 0 saturated carbocycles. The van der Waals surface area contributed by atoms with E-state index in [-0.39, 0.29) is 12.0 Å². The van der Waals surface area contributed by atoms with Gasteiger partial charge in [-0.25, -0.2) is 14.8 Å².